The largest absolute Gasteiger partial charge is 0.235 e. The molecular weight excluding hydrogens is 292 g/mol. The summed E-state index contributed by atoms with van der Waals surface area (Å²) in [4.78, 5) is 54.0. The molecule has 0 atom stereocenters. The number of carbonyl (C=O) groups excluding carboxylic acids is 4. The lowest BCUT2D eigenvalue weighted by Crippen LogP contribution is -2.29. The van der Waals surface area contributed by atoms with Gasteiger partial charge < -0.3 is 0 Å². The van der Waals surface area contributed by atoms with Gasteiger partial charge in [-0.15, -0.1) is 23.5 Å². The highest BCUT2D eigenvalue weighted by Gasteiger charge is 2.31. The molecule has 0 amide bonds. The summed E-state index contributed by atoms with van der Waals surface area (Å²) in [6.07, 6.45) is 5.47. The summed E-state index contributed by atoms with van der Waals surface area (Å²) in [6, 6.07) is 0. The molecule has 0 spiro atoms. The van der Waals surface area contributed by atoms with Gasteiger partial charge in [0.05, 0.1) is 24.8 Å². The molecular formula is C9H8N4O4S2. The molecule has 0 aromatic heterocycles. The van der Waals surface area contributed by atoms with Crippen molar-refractivity contribution in [3.8, 4) is 0 Å². The van der Waals surface area contributed by atoms with E-state index in [2.05, 4.69) is 20.0 Å². The van der Waals surface area contributed by atoms with E-state index >= 15 is 0 Å². The molecule has 0 fully saturated rings. The highest BCUT2D eigenvalue weighted by atomic mass is 32.2. The summed E-state index contributed by atoms with van der Waals surface area (Å²) >= 11 is 2.25. The Morgan fingerprint density at radius 2 is 1.05 bits per heavy atom. The molecule has 0 heterocycles. The first kappa shape index (κ1) is 17.2. The zero-order chi connectivity index (χ0) is 14.4. The van der Waals surface area contributed by atoms with Crippen LogP contribution in [-0.4, -0.2) is 53.2 Å². The molecule has 8 nitrogen and oxygen atoms in total. The third kappa shape index (κ3) is 8.02. The van der Waals surface area contributed by atoms with Crippen molar-refractivity contribution in [2.24, 2.45) is 20.0 Å². The van der Waals surface area contributed by atoms with Gasteiger partial charge in [0.25, 0.3) is 0 Å². The minimum atomic E-state index is -0.866. The summed E-state index contributed by atoms with van der Waals surface area (Å²) in [5, 5.41) is 0. The Morgan fingerprint density at radius 3 is 1.37 bits per heavy atom. The molecule has 0 aliphatic carbocycles. The Bertz CT molecular complexity index is 429. The SMILES string of the molecule is O=C=NCSC(CN=C=O)(CN=C=O)SCN=C=O. The number of isocyanates is 4. The van der Waals surface area contributed by atoms with Gasteiger partial charge in [-0.1, -0.05) is 0 Å². The van der Waals surface area contributed by atoms with Crippen molar-refractivity contribution in [3.63, 3.8) is 0 Å². The smallest absolute Gasteiger partial charge is 0.211 e. The molecule has 0 aromatic rings. The molecule has 0 unspecified atom stereocenters. The Morgan fingerprint density at radius 1 is 0.684 bits per heavy atom. The maximum Gasteiger partial charge on any atom is 0.235 e. The van der Waals surface area contributed by atoms with Crippen LogP contribution < -0.4 is 0 Å². The molecule has 0 saturated heterocycles. The maximum atomic E-state index is 10.2. The van der Waals surface area contributed by atoms with Crippen LogP contribution in [0, 0.1) is 0 Å². The maximum absolute atomic E-state index is 10.2. The normalized spacial score (nSPS) is 11.8. The molecule has 0 N–H and O–H groups in total. The zero-order valence-electron chi connectivity index (χ0n) is 9.57. The molecule has 0 aliphatic rings. The zero-order valence-corrected chi connectivity index (χ0v) is 11.2. The summed E-state index contributed by atoms with van der Waals surface area (Å²) in [7, 11) is 0. The molecule has 100 valence electrons. The summed E-state index contributed by atoms with van der Waals surface area (Å²) < 4.78 is -0.866. The first-order chi connectivity index (χ1) is 9.24. The highest BCUT2D eigenvalue weighted by molar-refractivity contribution is 8.18. The van der Waals surface area contributed by atoms with Gasteiger partial charge in [-0.05, 0) is 0 Å². The van der Waals surface area contributed by atoms with Gasteiger partial charge in [0.2, 0.25) is 24.3 Å². The van der Waals surface area contributed by atoms with E-state index in [0.717, 1.165) is 23.5 Å². The average molecular weight is 300 g/mol. The fraction of sp³-hybridized carbons (Fsp3) is 0.556. The lowest BCUT2D eigenvalue weighted by atomic mass is 10.4. The lowest BCUT2D eigenvalue weighted by Gasteiger charge is -2.26. The van der Waals surface area contributed by atoms with E-state index in [4.69, 9.17) is 0 Å². The van der Waals surface area contributed by atoms with E-state index in [-0.39, 0.29) is 24.8 Å². The van der Waals surface area contributed by atoms with Crippen LogP contribution in [0.5, 0.6) is 0 Å². The second kappa shape index (κ2) is 11.3. The van der Waals surface area contributed by atoms with Crippen LogP contribution in [0.15, 0.2) is 20.0 Å². The Balaban J connectivity index is 5.00. The van der Waals surface area contributed by atoms with E-state index in [9.17, 15) is 19.2 Å². The van der Waals surface area contributed by atoms with Crippen LogP contribution in [0.1, 0.15) is 0 Å². The van der Waals surface area contributed by atoms with Crippen molar-refractivity contribution >= 4 is 47.8 Å². The number of rotatable bonds is 10. The monoisotopic (exact) mass is 300 g/mol. The molecule has 0 saturated carbocycles. The van der Waals surface area contributed by atoms with Crippen LogP contribution in [0.4, 0.5) is 0 Å². The Kier molecular flexibility index (Phi) is 10.3. The van der Waals surface area contributed by atoms with E-state index in [0.29, 0.717) is 0 Å². The summed E-state index contributed by atoms with van der Waals surface area (Å²) in [5.41, 5.74) is 0. The predicted molar refractivity (Wildman–Crippen MR) is 69.9 cm³/mol. The minimum Gasteiger partial charge on any atom is -0.211 e. The summed E-state index contributed by atoms with van der Waals surface area (Å²) in [6.45, 7) is -0.0560. The first-order valence-corrected chi connectivity index (χ1v) is 6.64. The third-order valence-electron chi connectivity index (χ3n) is 1.68. The van der Waals surface area contributed by atoms with Crippen molar-refractivity contribution < 1.29 is 19.2 Å². The van der Waals surface area contributed by atoms with Crippen molar-refractivity contribution in [2.45, 2.75) is 4.08 Å². The van der Waals surface area contributed by atoms with Crippen LogP contribution >= 0.6 is 23.5 Å². The van der Waals surface area contributed by atoms with E-state index < -0.39 is 4.08 Å². The fourth-order valence-electron chi connectivity index (χ4n) is 0.932. The topological polar surface area (TPSA) is 118 Å². The number of hydrogen-bond donors (Lipinski definition) is 0. The quantitative estimate of drug-likeness (QED) is 0.327. The predicted octanol–water partition coefficient (Wildman–Crippen LogP) is 0.407. The number of thioether (sulfide) groups is 2. The van der Waals surface area contributed by atoms with E-state index in [1.807, 2.05) is 0 Å². The average Bonchev–Trinajstić information content (AvgIpc) is 2.43. The second-order valence-electron chi connectivity index (χ2n) is 2.77. The van der Waals surface area contributed by atoms with E-state index in [1.54, 1.807) is 0 Å². The van der Waals surface area contributed by atoms with Crippen molar-refractivity contribution in [1.29, 1.82) is 0 Å². The second-order valence-corrected chi connectivity index (χ2v) is 5.69. The molecule has 0 rings (SSSR count). The minimum absolute atomic E-state index is 0.0280. The van der Waals surface area contributed by atoms with Gasteiger partial charge in [-0.2, -0.15) is 9.98 Å². The van der Waals surface area contributed by atoms with Crippen LogP contribution in [0.2, 0.25) is 0 Å². The van der Waals surface area contributed by atoms with Crippen molar-refractivity contribution in [1.82, 2.24) is 0 Å². The Hall–Kier alpha value is -1.78. The van der Waals surface area contributed by atoms with Gasteiger partial charge in [0.1, 0.15) is 4.08 Å². The molecule has 0 aromatic carbocycles. The number of nitrogens with zero attached hydrogens (tertiary/aromatic N) is 4. The number of hydrogen-bond acceptors (Lipinski definition) is 10. The molecule has 0 bridgehead atoms. The van der Waals surface area contributed by atoms with Gasteiger partial charge in [0, 0.05) is 0 Å². The van der Waals surface area contributed by atoms with Gasteiger partial charge in [-0.25, -0.2) is 29.2 Å². The molecule has 0 aliphatic heterocycles. The summed E-state index contributed by atoms with van der Waals surface area (Å²) in [5.74, 6) is 0.0914. The standard InChI is InChI=1S/C9H8N4O4S2/c14-3-10-1-9(2-11-4-15,18-7-12-5-16)19-8-13-6-17/h1-2,7-8H2. The fourth-order valence-corrected chi connectivity index (χ4v) is 2.91. The molecule has 10 heteroatoms. The van der Waals surface area contributed by atoms with Crippen LogP contribution in [-0.2, 0) is 19.2 Å². The van der Waals surface area contributed by atoms with Crippen molar-refractivity contribution in [3.05, 3.63) is 0 Å². The van der Waals surface area contributed by atoms with Crippen LogP contribution in [0.25, 0.3) is 0 Å². The van der Waals surface area contributed by atoms with Gasteiger partial charge >= 0.3 is 0 Å². The van der Waals surface area contributed by atoms with Gasteiger partial charge in [0.15, 0.2) is 0 Å². The third-order valence-corrected chi connectivity index (χ3v) is 4.47. The number of aliphatic imine (C=N–C) groups is 4. The Labute approximate surface area is 116 Å². The molecule has 19 heavy (non-hydrogen) atoms. The van der Waals surface area contributed by atoms with Crippen molar-refractivity contribution in [2.75, 3.05) is 24.8 Å². The lowest BCUT2D eigenvalue weighted by molar-refractivity contribution is 0.559. The highest BCUT2D eigenvalue weighted by Crippen LogP contribution is 2.38. The molecule has 0 radical (unpaired) electrons. The van der Waals surface area contributed by atoms with Crippen LogP contribution in [0.3, 0.4) is 0 Å². The van der Waals surface area contributed by atoms with Gasteiger partial charge in [-0.3, -0.25) is 0 Å². The first-order valence-electron chi connectivity index (χ1n) is 4.67. The van der Waals surface area contributed by atoms with E-state index in [1.165, 1.54) is 24.3 Å².